The van der Waals surface area contributed by atoms with Crippen LogP contribution >= 0.6 is 0 Å². The lowest BCUT2D eigenvalue weighted by Crippen LogP contribution is -2.24. The van der Waals surface area contributed by atoms with E-state index in [1.54, 1.807) is 35.5 Å². The highest BCUT2D eigenvalue weighted by Gasteiger charge is 2.21. The molecule has 1 aromatic heterocycles. The van der Waals surface area contributed by atoms with E-state index in [-0.39, 0.29) is 11.8 Å². The van der Waals surface area contributed by atoms with Crippen molar-refractivity contribution >= 4 is 17.5 Å². The first-order chi connectivity index (χ1) is 16.1. The molecule has 33 heavy (non-hydrogen) atoms. The standard InChI is InChI=1S/C26H27N3O4/c1-2-32-24-15-21(9-12-23(24)33-18-20-5-3-13-27-16-20)26(31)28-17-19-7-10-22(11-8-19)29-14-4-6-25(29)30/h3,5,7-13,15-16H,2,4,6,14,17-18H2,1H3,(H,28,31). The van der Waals surface area contributed by atoms with Crippen LogP contribution in [0.2, 0.25) is 0 Å². The SMILES string of the molecule is CCOc1cc(C(=O)NCc2ccc(N3CCCC3=O)cc2)ccc1OCc1cccnc1. The second kappa shape index (κ2) is 10.6. The van der Waals surface area contributed by atoms with Gasteiger partial charge >= 0.3 is 0 Å². The molecule has 0 radical (unpaired) electrons. The number of aromatic nitrogens is 1. The zero-order valence-corrected chi connectivity index (χ0v) is 18.6. The Balaban J connectivity index is 1.37. The van der Waals surface area contributed by atoms with Crippen molar-refractivity contribution in [2.75, 3.05) is 18.1 Å². The fourth-order valence-corrected chi connectivity index (χ4v) is 3.68. The zero-order valence-electron chi connectivity index (χ0n) is 18.6. The van der Waals surface area contributed by atoms with Gasteiger partial charge in [-0.3, -0.25) is 14.6 Å². The number of hydrogen-bond acceptors (Lipinski definition) is 5. The summed E-state index contributed by atoms with van der Waals surface area (Å²) in [7, 11) is 0. The van der Waals surface area contributed by atoms with Crippen molar-refractivity contribution in [2.45, 2.75) is 32.9 Å². The Morgan fingerprint density at radius 1 is 1.06 bits per heavy atom. The number of amides is 2. The molecule has 1 aliphatic rings. The van der Waals surface area contributed by atoms with E-state index in [9.17, 15) is 9.59 Å². The average molecular weight is 446 g/mol. The van der Waals surface area contributed by atoms with Crippen LogP contribution in [0.25, 0.3) is 0 Å². The number of rotatable bonds is 9. The van der Waals surface area contributed by atoms with Crippen molar-refractivity contribution in [3.05, 3.63) is 83.7 Å². The molecular weight excluding hydrogens is 418 g/mol. The van der Waals surface area contributed by atoms with Gasteiger partial charge in [-0.15, -0.1) is 0 Å². The number of nitrogens with zero attached hydrogens (tertiary/aromatic N) is 2. The molecule has 2 aromatic carbocycles. The molecule has 1 fully saturated rings. The predicted octanol–water partition coefficient (Wildman–Crippen LogP) is 4.12. The zero-order chi connectivity index (χ0) is 23.0. The highest BCUT2D eigenvalue weighted by Crippen LogP contribution is 2.29. The molecule has 0 unspecified atom stereocenters. The summed E-state index contributed by atoms with van der Waals surface area (Å²) in [5, 5.41) is 2.94. The van der Waals surface area contributed by atoms with Gasteiger partial charge in [0.15, 0.2) is 11.5 Å². The maximum absolute atomic E-state index is 12.7. The van der Waals surface area contributed by atoms with Crippen LogP contribution in [0.15, 0.2) is 67.0 Å². The molecule has 2 heterocycles. The Kier molecular flexibility index (Phi) is 7.19. The summed E-state index contributed by atoms with van der Waals surface area (Å²) in [4.78, 5) is 30.5. The Hall–Kier alpha value is -3.87. The van der Waals surface area contributed by atoms with Gasteiger partial charge in [-0.1, -0.05) is 18.2 Å². The van der Waals surface area contributed by atoms with Crippen LogP contribution in [0.5, 0.6) is 11.5 Å². The van der Waals surface area contributed by atoms with Crippen molar-refractivity contribution in [3.63, 3.8) is 0 Å². The Morgan fingerprint density at radius 3 is 2.61 bits per heavy atom. The monoisotopic (exact) mass is 445 g/mol. The molecule has 3 aromatic rings. The van der Waals surface area contributed by atoms with E-state index in [4.69, 9.17) is 9.47 Å². The summed E-state index contributed by atoms with van der Waals surface area (Å²) in [6.45, 7) is 3.85. The molecule has 1 saturated heterocycles. The highest BCUT2D eigenvalue weighted by molar-refractivity contribution is 5.95. The van der Waals surface area contributed by atoms with Gasteiger partial charge < -0.3 is 19.7 Å². The Labute approximate surface area is 193 Å². The number of carbonyl (C=O) groups is 2. The van der Waals surface area contributed by atoms with Gasteiger partial charge in [0.05, 0.1) is 6.61 Å². The summed E-state index contributed by atoms with van der Waals surface area (Å²) in [6, 6.07) is 16.7. The van der Waals surface area contributed by atoms with Gasteiger partial charge in [0.1, 0.15) is 6.61 Å². The van der Waals surface area contributed by atoms with E-state index in [1.807, 2.05) is 43.3 Å². The van der Waals surface area contributed by atoms with Crippen molar-refractivity contribution in [2.24, 2.45) is 0 Å². The lowest BCUT2D eigenvalue weighted by atomic mass is 10.1. The normalized spacial score (nSPS) is 13.1. The number of hydrogen-bond donors (Lipinski definition) is 1. The molecule has 1 aliphatic heterocycles. The number of anilines is 1. The van der Waals surface area contributed by atoms with Gasteiger partial charge in [0.25, 0.3) is 5.91 Å². The molecule has 7 nitrogen and oxygen atoms in total. The van der Waals surface area contributed by atoms with Crippen LogP contribution in [-0.2, 0) is 17.9 Å². The van der Waals surface area contributed by atoms with Crippen LogP contribution in [0.4, 0.5) is 5.69 Å². The lowest BCUT2D eigenvalue weighted by Gasteiger charge is -2.16. The van der Waals surface area contributed by atoms with Crippen molar-refractivity contribution in [1.29, 1.82) is 0 Å². The van der Waals surface area contributed by atoms with Crippen LogP contribution < -0.4 is 19.7 Å². The fraction of sp³-hybridized carbons (Fsp3) is 0.269. The lowest BCUT2D eigenvalue weighted by molar-refractivity contribution is -0.117. The maximum Gasteiger partial charge on any atom is 0.251 e. The topological polar surface area (TPSA) is 80.8 Å². The summed E-state index contributed by atoms with van der Waals surface area (Å²) < 4.78 is 11.6. The summed E-state index contributed by atoms with van der Waals surface area (Å²) in [6.07, 6.45) is 4.96. The highest BCUT2D eigenvalue weighted by atomic mass is 16.5. The van der Waals surface area contributed by atoms with Crippen molar-refractivity contribution in [1.82, 2.24) is 10.3 Å². The minimum absolute atomic E-state index is 0.161. The van der Waals surface area contributed by atoms with E-state index >= 15 is 0 Å². The van der Waals surface area contributed by atoms with E-state index in [2.05, 4.69) is 10.3 Å². The molecule has 0 spiro atoms. The second-order valence-corrected chi connectivity index (χ2v) is 7.74. The number of carbonyl (C=O) groups excluding carboxylic acids is 2. The number of nitrogens with one attached hydrogen (secondary N) is 1. The van der Waals surface area contributed by atoms with Gasteiger partial charge in [-0.2, -0.15) is 0 Å². The molecule has 4 rings (SSSR count). The number of pyridine rings is 1. The third-order valence-electron chi connectivity index (χ3n) is 5.40. The quantitative estimate of drug-likeness (QED) is 0.536. The molecular formula is C26H27N3O4. The molecule has 0 aliphatic carbocycles. The van der Waals surface area contributed by atoms with Gasteiger partial charge in [-0.05, 0) is 55.3 Å². The fourth-order valence-electron chi connectivity index (χ4n) is 3.68. The largest absolute Gasteiger partial charge is 0.490 e. The van der Waals surface area contributed by atoms with Crippen molar-refractivity contribution in [3.8, 4) is 11.5 Å². The van der Waals surface area contributed by atoms with Crippen molar-refractivity contribution < 1.29 is 19.1 Å². The van der Waals surface area contributed by atoms with E-state index in [1.165, 1.54) is 0 Å². The second-order valence-electron chi connectivity index (χ2n) is 7.74. The third kappa shape index (κ3) is 5.68. The summed E-state index contributed by atoms with van der Waals surface area (Å²) in [5.41, 5.74) is 3.30. The summed E-state index contributed by atoms with van der Waals surface area (Å²) in [5.74, 6) is 1.06. The minimum atomic E-state index is -0.200. The molecule has 2 amide bonds. The summed E-state index contributed by atoms with van der Waals surface area (Å²) >= 11 is 0. The minimum Gasteiger partial charge on any atom is -0.490 e. The van der Waals surface area contributed by atoms with Crippen LogP contribution in [0.1, 0.15) is 41.3 Å². The number of benzene rings is 2. The van der Waals surface area contributed by atoms with Gasteiger partial charge in [0.2, 0.25) is 5.91 Å². The maximum atomic E-state index is 12.7. The van der Waals surface area contributed by atoms with E-state index in [0.29, 0.717) is 43.2 Å². The molecule has 0 saturated carbocycles. The first-order valence-corrected chi connectivity index (χ1v) is 11.1. The molecule has 170 valence electrons. The van der Waals surface area contributed by atoms with E-state index < -0.39 is 0 Å². The van der Waals surface area contributed by atoms with Crippen LogP contribution in [-0.4, -0.2) is 29.9 Å². The molecule has 0 atom stereocenters. The van der Waals surface area contributed by atoms with Crippen LogP contribution in [0, 0.1) is 0 Å². The Bertz CT molecular complexity index is 1100. The van der Waals surface area contributed by atoms with Gasteiger partial charge in [-0.25, -0.2) is 0 Å². The van der Waals surface area contributed by atoms with Crippen LogP contribution in [0.3, 0.4) is 0 Å². The first-order valence-electron chi connectivity index (χ1n) is 11.1. The predicted molar refractivity (Wildman–Crippen MR) is 125 cm³/mol. The van der Waals surface area contributed by atoms with Gasteiger partial charge in [0, 0.05) is 48.7 Å². The Morgan fingerprint density at radius 2 is 1.91 bits per heavy atom. The number of ether oxygens (including phenoxy) is 2. The molecule has 7 heteroatoms. The van der Waals surface area contributed by atoms with E-state index in [0.717, 1.165) is 29.8 Å². The third-order valence-corrected chi connectivity index (χ3v) is 5.40. The average Bonchev–Trinajstić information content (AvgIpc) is 3.28. The molecule has 0 bridgehead atoms. The first kappa shape index (κ1) is 22.3. The molecule has 1 N–H and O–H groups in total. The smallest absolute Gasteiger partial charge is 0.251 e.